The molecule has 0 radical (unpaired) electrons. The number of esters is 1. The van der Waals surface area contributed by atoms with Crippen LogP contribution >= 0.6 is 11.8 Å². The zero-order valence-corrected chi connectivity index (χ0v) is 18.9. The molecule has 0 aliphatic heterocycles. The van der Waals surface area contributed by atoms with Gasteiger partial charge in [0.15, 0.2) is 5.78 Å². The molecule has 0 aromatic heterocycles. The third-order valence-electron chi connectivity index (χ3n) is 4.53. The van der Waals surface area contributed by atoms with Gasteiger partial charge in [-0.3, -0.25) is 9.59 Å². The lowest BCUT2D eigenvalue weighted by Crippen LogP contribution is -2.44. The second-order valence-electron chi connectivity index (χ2n) is 7.73. The first-order valence-corrected chi connectivity index (χ1v) is 11.5. The first-order chi connectivity index (χ1) is 13.8. The van der Waals surface area contributed by atoms with Gasteiger partial charge in [0.25, 0.3) is 0 Å². The molecule has 1 aromatic carbocycles. The SMILES string of the molecule is CC(=O)[C@H](CC(C)C)NC(=O)[C@H](C)SCCCCCCOC(=O)c1ccccc1. The van der Waals surface area contributed by atoms with Gasteiger partial charge < -0.3 is 10.1 Å². The number of hydrogen-bond acceptors (Lipinski definition) is 5. The predicted molar refractivity (Wildman–Crippen MR) is 119 cm³/mol. The number of carbonyl (C=O) groups excluding carboxylic acids is 3. The average molecular weight is 422 g/mol. The van der Waals surface area contributed by atoms with Crippen molar-refractivity contribution < 1.29 is 19.1 Å². The minimum Gasteiger partial charge on any atom is -0.462 e. The molecule has 162 valence electrons. The average Bonchev–Trinajstić information content (AvgIpc) is 2.69. The number of ketones is 1. The van der Waals surface area contributed by atoms with Crippen molar-refractivity contribution in [2.75, 3.05) is 12.4 Å². The van der Waals surface area contributed by atoms with E-state index in [9.17, 15) is 14.4 Å². The molecule has 0 unspecified atom stereocenters. The van der Waals surface area contributed by atoms with Crippen molar-refractivity contribution >= 4 is 29.4 Å². The van der Waals surface area contributed by atoms with E-state index in [2.05, 4.69) is 5.32 Å². The smallest absolute Gasteiger partial charge is 0.338 e. The minimum absolute atomic E-state index is 0.0113. The minimum atomic E-state index is -0.385. The maximum absolute atomic E-state index is 12.3. The van der Waals surface area contributed by atoms with Crippen molar-refractivity contribution in [3.8, 4) is 0 Å². The summed E-state index contributed by atoms with van der Waals surface area (Å²) in [6.07, 6.45) is 4.55. The molecule has 0 bridgehead atoms. The number of hydrogen-bond donors (Lipinski definition) is 1. The van der Waals surface area contributed by atoms with E-state index in [1.807, 2.05) is 39.0 Å². The van der Waals surface area contributed by atoms with E-state index >= 15 is 0 Å². The van der Waals surface area contributed by atoms with Gasteiger partial charge in [-0.05, 0) is 56.9 Å². The number of carbonyl (C=O) groups is 3. The highest BCUT2D eigenvalue weighted by Gasteiger charge is 2.21. The van der Waals surface area contributed by atoms with Crippen LogP contribution in [0.15, 0.2) is 30.3 Å². The fourth-order valence-corrected chi connectivity index (χ4v) is 3.75. The maximum atomic E-state index is 12.3. The summed E-state index contributed by atoms with van der Waals surface area (Å²) in [5.74, 6) is 0.926. The Morgan fingerprint density at radius 2 is 1.66 bits per heavy atom. The Morgan fingerprint density at radius 3 is 2.28 bits per heavy atom. The van der Waals surface area contributed by atoms with Crippen LogP contribution in [-0.2, 0) is 14.3 Å². The van der Waals surface area contributed by atoms with Crippen molar-refractivity contribution in [1.82, 2.24) is 5.32 Å². The number of rotatable bonds is 14. The van der Waals surface area contributed by atoms with Crippen LogP contribution in [0.4, 0.5) is 0 Å². The molecule has 29 heavy (non-hydrogen) atoms. The summed E-state index contributed by atoms with van der Waals surface area (Å²) in [5.41, 5.74) is 0.580. The van der Waals surface area contributed by atoms with Crippen LogP contribution in [0.25, 0.3) is 0 Å². The highest BCUT2D eigenvalue weighted by atomic mass is 32.2. The van der Waals surface area contributed by atoms with Gasteiger partial charge in [0, 0.05) is 0 Å². The molecule has 0 saturated carbocycles. The molecule has 2 atom stereocenters. The monoisotopic (exact) mass is 421 g/mol. The topological polar surface area (TPSA) is 72.5 Å². The van der Waals surface area contributed by atoms with Crippen LogP contribution in [0.2, 0.25) is 0 Å². The number of thioether (sulfide) groups is 1. The molecular formula is C23H35NO4S. The molecule has 0 fully saturated rings. The Hall–Kier alpha value is -1.82. The summed E-state index contributed by atoms with van der Waals surface area (Å²) < 4.78 is 5.26. The van der Waals surface area contributed by atoms with Gasteiger partial charge in [0.05, 0.1) is 23.5 Å². The molecule has 0 aliphatic carbocycles. The van der Waals surface area contributed by atoms with Gasteiger partial charge in [0.1, 0.15) is 0 Å². The summed E-state index contributed by atoms with van der Waals surface area (Å²) in [5, 5.41) is 2.71. The number of benzene rings is 1. The molecule has 0 heterocycles. The Morgan fingerprint density at radius 1 is 1.00 bits per heavy atom. The van der Waals surface area contributed by atoms with E-state index in [-0.39, 0.29) is 29.0 Å². The molecule has 1 aromatic rings. The van der Waals surface area contributed by atoms with Gasteiger partial charge >= 0.3 is 5.97 Å². The van der Waals surface area contributed by atoms with Crippen molar-refractivity contribution in [2.24, 2.45) is 5.92 Å². The normalized spacial score (nSPS) is 13.0. The molecule has 6 heteroatoms. The quantitative estimate of drug-likeness (QED) is 0.350. The number of amides is 1. The van der Waals surface area contributed by atoms with Crippen molar-refractivity contribution in [3.05, 3.63) is 35.9 Å². The van der Waals surface area contributed by atoms with Crippen LogP contribution in [0.3, 0.4) is 0 Å². The highest BCUT2D eigenvalue weighted by Crippen LogP contribution is 2.15. The van der Waals surface area contributed by atoms with Crippen LogP contribution in [0.1, 0.15) is 70.2 Å². The van der Waals surface area contributed by atoms with Crippen LogP contribution in [0, 0.1) is 5.92 Å². The third-order valence-corrected chi connectivity index (χ3v) is 5.77. The lowest BCUT2D eigenvalue weighted by molar-refractivity contribution is -0.126. The van der Waals surface area contributed by atoms with E-state index in [1.165, 1.54) is 6.92 Å². The predicted octanol–water partition coefficient (Wildman–Crippen LogP) is 4.65. The van der Waals surface area contributed by atoms with Crippen LogP contribution in [0.5, 0.6) is 0 Å². The molecule has 5 nitrogen and oxygen atoms in total. The van der Waals surface area contributed by atoms with E-state index in [0.29, 0.717) is 24.5 Å². The molecule has 1 amide bonds. The summed E-state index contributed by atoms with van der Waals surface area (Å²) >= 11 is 1.61. The Bertz CT molecular complexity index is 633. The number of unbranched alkanes of at least 4 members (excludes halogenated alkanes) is 3. The van der Waals surface area contributed by atoms with E-state index in [1.54, 1.807) is 23.9 Å². The van der Waals surface area contributed by atoms with Crippen LogP contribution in [-0.4, -0.2) is 41.3 Å². The van der Waals surface area contributed by atoms with E-state index in [0.717, 1.165) is 31.4 Å². The number of Topliss-reactive ketones (excluding diaryl/α,β-unsaturated/α-hetero) is 1. The second kappa shape index (κ2) is 14.2. The van der Waals surface area contributed by atoms with Gasteiger partial charge in [-0.2, -0.15) is 0 Å². The Balaban J connectivity index is 2.10. The Kier molecular flexibility index (Phi) is 12.4. The van der Waals surface area contributed by atoms with Crippen molar-refractivity contribution in [3.63, 3.8) is 0 Å². The standard InChI is InChI=1S/C23H35NO4S/c1-17(2)16-21(18(3)25)24-22(26)19(4)29-15-11-6-5-10-14-28-23(27)20-12-8-7-9-13-20/h7-9,12-13,17,19,21H,5-6,10-11,14-16H2,1-4H3,(H,24,26)/t19-,21-/m0/s1. The van der Waals surface area contributed by atoms with E-state index < -0.39 is 0 Å². The number of nitrogens with one attached hydrogen (secondary N) is 1. The second-order valence-corrected chi connectivity index (χ2v) is 9.18. The lowest BCUT2D eigenvalue weighted by atomic mass is 10.0. The van der Waals surface area contributed by atoms with E-state index in [4.69, 9.17) is 4.74 Å². The lowest BCUT2D eigenvalue weighted by Gasteiger charge is -2.20. The highest BCUT2D eigenvalue weighted by molar-refractivity contribution is 8.00. The molecule has 0 aliphatic rings. The molecular weight excluding hydrogens is 386 g/mol. The third kappa shape index (κ3) is 11.1. The zero-order chi connectivity index (χ0) is 21.6. The fourth-order valence-electron chi connectivity index (χ4n) is 2.80. The first-order valence-electron chi connectivity index (χ1n) is 10.5. The van der Waals surface area contributed by atoms with Gasteiger partial charge in [-0.1, -0.05) is 44.9 Å². The van der Waals surface area contributed by atoms with Crippen LogP contribution < -0.4 is 5.32 Å². The summed E-state index contributed by atoms with van der Waals surface area (Å²) in [6.45, 7) is 7.94. The van der Waals surface area contributed by atoms with Crippen molar-refractivity contribution in [1.29, 1.82) is 0 Å². The molecule has 0 spiro atoms. The van der Waals surface area contributed by atoms with Gasteiger partial charge in [-0.15, -0.1) is 11.8 Å². The number of ether oxygens (including phenoxy) is 1. The summed E-state index contributed by atoms with van der Waals surface area (Å²) in [6, 6.07) is 8.62. The summed E-state index contributed by atoms with van der Waals surface area (Å²) in [4.78, 5) is 35.8. The van der Waals surface area contributed by atoms with Crippen molar-refractivity contribution in [2.45, 2.75) is 71.1 Å². The first kappa shape index (κ1) is 25.2. The molecule has 1 rings (SSSR count). The zero-order valence-electron chi connectivity index (χ0n) is 18.1. The largest absolute Gasteiger partial charge is 0.462 e. The summed E-state index contributed by atoms with van der Waals surface area (Å²) in [7, 11) is 0. The fraction of sp³-hybridized carbons (Fsp3) is 0.609. The van der Waals surface area contributed by atoms with Gasteiger partial charge in [-0.25, -0.2) is 4.79 Å². The molecule has 0 saturated heterocycles. The Labute approximate surface area is 179 Å². The van der Waals surface area contributed by atoms with Gasteiger partial charge in [0.2, 0.25) is 5.91 Å². The maximum Gasteiger partial charge on any atom is 0.338 e. The molecule has 1 N–H and O–H groups in total.